The minimum Gasteiger partial charge on any atom is -0.324 e. The molecule has 1 nitrogen and oxygen atoms in total. The van der Waals surface area contributed by atoms with Gasteiger partial charge in [-0.05, 0) is 42.0 Å². The number of halogens is 2. The van der Waals surface area contributed by atoms with E-state index in [1.54, 1.807) is 6.07 Å². The number of rotatable bonds is 3. The van der Waals surface area contributed by atoms with Gasteiger partial charge in [0.2, 0.25) is 0 Å². The van der Waals surface area contributed by atoms with Crippen molar-refractivity contribution < 1.29 is 4.39 Å². The van der Waals surface area contributed by atoms with E-state index in [2.05, 4.69) is 22.9 Å². The van der Waals surface area contributed by atoms with Gasteiger partial charge in [-0.1, -0.05) is 48.5 Å². The van der Waals surface area contributed by atoms with Gasteiger partial charge in [-0.3, -0.25) is 0 Å². The van der Waals surface area contributed by atoms with Gasteiger partial charge in [-0.15, -0.1) is 0 Å². The highest BCUT2D eigenvalue weighted by Gasteiger charge is 2.29. The van der Waals surface area contributed by atoms with E-state index >= 15 is 0 Å². The minimum absolute atomic E-state index is 0.0396. The molecule has 1 aromatic carbocycles. The van der Waals surface area contributed by atoms with Crippen molar-refractivity contribution in [3.8, 4) is 0 Å². The standard InChI is InChI=1S/C15H21BrFN/c1-2-10-5-3-4-6-14(10)15(18)11-7-12(16)9-13(17)8-11/h7-10,14-15H,2-6,18H2,1H3. The monoisotopic (exact) mass is 313 g/mol. The molecule has 1 aliphatic carbocycles. The van der Waals surface area contributed by atoms with Crippen molar-refractivity contribution in [3.63, 3.8) is 0 Å². The Balaban J connectivity index is 2.20. The van der Waals surface area contributed by atoms with E-state index in [1.165, 1.54) is 38.2 Å². The minimum atomic E-state index is -0.210. The second kappa shape index (κ2) is 6.16. The Morgan fingerprint density at radius 3 is 2.72 bits per heavy atom. The number of nitrogens with two attached hydrogens (primary N) is 1. The number of hydrogen-bond acceptors (Lipinski definition) is 1. The Morgan fingerprint density at radius 2 is 2.06 bits per heavy atom. The maximum Gasteiger partial charge on any atom is 0.124 e. The summed E-state index contributed by atoms with van der Waals surface area (Å²) in [5.41, 5.74) is 7.31. The first-order chi connectivity index (χ1) is 8.61. The lowest BCUT2D eigenvalue weighted by atomic mass is 9.72. The predicted molar refractivity (Wildman–Crippen MR) is 76.8 cm³/mol. The van der Waals surface area contributed by atoms with Crippen LogP contribution in [0.3, 0.4) is 0 Å². The average Bonchev–Trinajstić information content (AvgIpc) is 2.36. The quantitative estimate of drug-likeness (QED) is 0.852. The molecule has 18 heavy (non-hydrogen) atoms. The van der Waals surface area contributed by atoms with Crippen LogP contribution in [0, 0.1) is 17.7 Å². The lowest BCUT2D eigenvalue weighted by Crippen LogP contribution is -2.30. The summed E-state index contributed by atoms with van der Waals surface area (Å²) in [6, 6.07) is 4.97. The molecule has 3 unspecified atom stereocenters. The Morgan fingerprint density at radius 1 is 1.33 bits per heavy atom. The van der Waals surface area contributed by atoms with E-state index in [1.807, 2.05) is 6.07 Å². The molecule has 1 saturated carbocycles. The maximum atomic E-state index is 13.4. The van der Waals surface area contributed by atoms with E-state index < -0.39 is 0 Å². The fourth-order valence-electron chi connectivity index (χ4n) is 3.23. The summed E-state index contributed by atoms with van der Waals surface area (Å²) in [6.45, 7) is 2.23. The highest BCUT2D eigenvalue weighted by Crippen LogP contribution is 2.39. The van der Waals surface area contributed by atoms with Gasteiger partial charge in [-0.25, -0.2) is 4.39 Å². The van der Waals surface area contributed by atoms with Crippen molar-refractivity contribution in [1.82, 2.24) is 0 Å². The largest absolute Gasteiger partial charge is 0.324 e. The van der Waals surface area contributed by atoms with Gasteiger partial charge in [0, 0.05) is 10.5 Å². The van der Waals surface area contributed by atoms with Crippen LogP contribution in [0.1, 0.15) is 50.6 Å². The van der Waals surface area contributed by atoms with Gasteiger partial charge in [-0.2, -0.15) is 0 Å². The molecule has 1 fully saturated rings. The van der Waals surface area contributed by atoms with Crippen molar-refractivity contribution in [3.05, 3.63) is 34.1 Å². The summed E-state index contributed by atoms with van der Waals surface area (Å²) in [7, 11) is 0. The van der Waals surface area contributed by atoms with Crippen molar-refractivity contribution in [2.24, 2.45) is 17.6 Å². The predicted octanol–water partition coefficient (Wildman–Crippen LogP) is 4.80. The highest BCUT2D eigenvalue weighted by molar-refractivity contribution is 9.10. The molecule has 0 bridgehead atoms. The van der Waals surface area contributed by atoms with Crippen LogP contribution in [-0.4, -0.2) is 0 Å². The molecule has 0 heterocycles. The third-order valence-corrected chi connectivity index (χ3v) is 4.68. The molecule has 0 radical (unpaired) electrons. The maximum absolute atomic E-state index is 13.4. The highest BCUT2D eigenvalue weighted by atomic mass is 79.9. The van der Waals surface area contributed by atoms with E-state index in [-0.39, 0.29) is 11.9 Å². The molecule has 0 aromatic heterocycles. The van der Waals surface area contributed by atoms with E-state index in [0.717, 1.165) is 10.0 Å². The summed E-state index contributed by atoms with van der Waals surface area (Å²) in [5, 5.41) is 0. The van der Waals surface area contributed by atoms with Gasteiger partial charge in [0.15, 0.2) is 0 Å². The molecule has 3 heteroatoms. The van der Waals surface area contributed by atoms with Crippen LogP contribution in [0.4, 0.5) is 4.39 Å². The lowest BCUT2D eigenvalue weighted by molar-refractivity contribution is 0.196. The van der Waals surface area contributed by atoms with Crippen LogP contribution in [0.15, 0.2) is 22.7 Å². The molecule has 0 amide bonds. The van der Waals surface area contributed by atoms with Gasteiger partial charge in [0.05, 0.1) is 0 Å². The molecule has 3 atom stereocenters. The molecule has 0 spiro atoms. The molecule has 1 aromatic rings. The second-order valence-corrected chi connectivity index (χ2v) is 6.26. The summed E-state index contributed by atoms with van der Waals surface area (Å²) < 4.78 is 14.2. The molecule has 2 rings (SSSR count). The lowest BCUT2D eigenvalue weighted by Gasteiger charge is -2.35. The average molecular weight is 314 g/mol. The fraction of sp³-hybridized carbons (Fsp3) is 0.600. The summed E-state index contributed by atoms with van der Waals surface area (Å²) in [5.74, 6) is 0.979. The SMILES string of the molecule is CCC1CCCCC1C(N)c1cc(F)cc(Br)c1. The van der Waals surface area contributed by atoms with Crippen molar-refractivity contribution in [2.75, 3.05) is 0 Å². The van der Waals surface area contributed by atoms with Gasteiger partial charge >= 0.3 is 0 Å². The third kappa shape index (κ3) is 3.12. The van der Waals surface area contributed by atoms with E-state index in [0.29, 0.717) is 11.8 Å². The molecule has 0 saturated heterocycles. The molecular weight excluding hydrogens is 293 g/mol. The Hall–Kier alpha value is -0.410. The zero-order valence-electron chi connectivity index (χ0n) is 10.8. The van der Waals surface area contributed by atoms with E-state index in [9.17, 15) is 4.39 Å². The summed E-state index contributed by atoms with van der Waals surface area (Å²) in [4.78, 5) is 0. The zero-order valence-corrected chi connectivity index (χ0v) is 12.4. The van der Waals surface area contributed by atoms with Gasteiger partial charge in [0.1, 0.15) is 5.82 Å². The molecular formula is C15H21BrFN. The molecule has 0 aliphatic heterocycles. The van der Waals surface area contributed by atoms with Crippen LogP contribution >= 0.6 is 15.9 Å². The second-order valence-electron chi connectivity index (χ2n) is 5.35. The topological polar surface area (TPSA) is 26.0 Å². The Kier molecular flexibility index (Phi) is 4.79. The Bertz CT molecular complexity index is 387. The van der Waals surface area contributed by atoms with Crippen molar-refractivity contribution in [2.45, 2.75) is 45.1 Å². The summed E-state index contributed by atoms with van der Waals surface area (Å²) in [6.07, 6.45) is 6.19. The Labute approximate surface area is 117 Å². The smallest absolute Gasteiger partial charge is 0.124 e. The van der Waals surface area contributed by atoms with Crippen molar-refractivity contribution >= 4 is 15.9 Å². The summed E-state index contributed by atoms with van der Waals surface area (Å²) >= 11 is 3.34. The van der Waals surface area contributed by atoms with Crippen LogP contribution in [-0.2, 0) is 0 Å². The fourth-order valence-corrected chi connectivity index (χ4v) is 3.71. The first-order valence-corrected chi connectivity index (χ1v) is 7.62. The first-order valence-electron chi connectivity index (χ1n) is 6.83. The number of benzene rings is 1. The van der Waals surface area contributed by atoms with Crippen LogP contribution < -0.4 is 5.73 Å². The van der Waals surface area contributed by atoms with Crippen LogP contribution in [0.2, 0.25) is 0 Å². The normalized spacial score (nSPS) is 26.0. The number of hydrogen-bond donors (Lipinski definition) is 1. The molecule has 100 valence electrons. The first kappa shape index (κ1) is 14.0. The zero-order chi connectivity index (χ0) is 13.1. The third-order valence-electron chi connectivity index (χ3n) is 4.22. The molecule has 1 aliphatic rings. The van der Waals surface area contributed by atoms with Crippen LogP contribution in [0.5, 0.6) is 0 Å². The van der Waals surface area contributed by atoms with Crippen LogP contribution in [0.25, 0.3) is 0 Å². The van der Waals surface area contributed by atoms with Gasteiger partial charge < -0.3 is 5.73 Å². The van der Waals surface area contributed by atoms with Gasteiger partial charge in [0.25, 0.3) is 0 Å². The molecule has 2 N–H and O–H groups in total. The van der Waals surface area contributed by atoms with E-state index in [4.69, 9.17) is 5.73 Å². The van der Waals surface area contributed by atoms with Crippen molar-refractivity contribution in [1.29, 1.82) is 0 Å².